The Balaban J connectivity index is 2.09. The molecule has 0 aliphatic heterocycles. The van der Waals surface area contributed by atoms with Gasteiger partial charge in [0.2, 0.25) is 0 Å². The zero-order valence-corrected chi connectivity index (χ0v) is 11.1. The molecule has 1 fully saturated rings. The summed E-state index contributed by atoms with van der Waals surface area (Å²) in [4.78, 5) is 15.1. The second kappa shape index (κ2) is 5.57. The number of aromatic nitrogens is 1. The Hall–Kier alpha value is -1.29. The number of aromatic carboxylic acids is 1. The van der Waals surface area contributed by atoms with Crippen LogP contribution in [0, 0.1) is 5.92 Å². The van der Waals surface area contributed by atoms with Gasteiger partial charge in [0.15, 0.2) is 0 Å². The molecule has 0 spiro atoms. The van der Waals surface area contributed by atoms with Crippen LogP contribution in [0.1, 0.15) is 43.0 Å². The van der Waals surface area contributed by atoms with Crippen molar-refractivity contribution in [2.45, 2.75) is 38.6 Å². The van der Waals surface area contributed by atoms with Gasteiger partial charge >= 0.3 is 5.97 Å². The van der Waals surface area contributed by atoms with Crippen molar-refractivity contribution in [3.05, 3.63) is 22.8 Å². The standard InChI is InChI=1S/C13H17ClN2O2/c1-8-3-2-4-9(5-8)16-12-6-10(13(17)18)11(14)7-15-12/h6-9H,2-5H2,1H3,(H,15,16)(H,17,18). The number of anilines is 1. The molecule has 98 valence electrons. The van der Waals surface area contributed by atoms with Gasteiger partial charge in [0.25, 0.3) is 0 Å². The topological polar surface area (TPSA) is 62.2 Å². The van der Waals surface area contributed by atoms with Gasteiger partial charge in [-0.25, -0.2) is 9.78 Å². The average Bonchev–Trinajstić information content (AvgIpc) is 2.31. The van der Waals surface area contributed by atoms with Gasteiger partial charge in [-0.1, -0.05) is 31.4 Å². The molecule has 2 atom stereocenters. The zero-order valence-electron chi connectivity index (χ0n) is 10.3. The van der Waals surface area contributed by atoms with E-state index in [4.69, 9.17) is 16.7 Å². The summed E-state index contributed by atoms with van der Waals surface area (Å²) in [6.45, 7) is 2.24. The van der Waals surface area contributed by atoms with Crippen LogP contribution < -0.4 is 5.32 Å². The fourth-order valence-corrected chi connectivity index (χ4v) is 2.64. The Bertz CT molecular complexity index is 451. The number of rotatable bonds is 3. The number of carboxylic acid groups (broad SMARTS) is 1. The quantitative estimate of drug-likeness (QED) is 0.882. The maximum Gasteiger partial charge on any atom is 0.337 e. The number of pyridine rings is 1. The molecule has 1 aromatic heterocycles. The van der Waals surface area contributed by atoms with Gasteiger partial charge in [-0.15, -0.1) is 0 Å². The molecule has 0 bridgehead atoms. The summed E-state index contributed by atoms with van der Waals surface area (Å²) in [5, 5.41) is 12.5. The fraction of sp³-hybridized carbons (Fsp3) is 0.538. The molecule has 1 aliphatic rings. The van der Waals surface area contributed by atoms with E-state index in [2.05, 4.69) is 17.2 Å². The van der Waals surface area contributed by atoms with Gasteiger partial charge in [0, 0.05) is 12.2 Å². The predicted octanol–water partition coefficient (Wildman–Crippen LogP) is 3.42. The molecule has 1 aliphatic carbocycles. The maximum absolute atomic E-state index is 11.0. The number of carboxylic acids is 1. The molecule has 2 N–H and O–H groups in total. The normalized spacial score (nSPS) is 23.7. The van der Waals surface area contributed by atoms with E-state index >= 15 is 0 Å². The number of carbonyl (C=O) groups is 1. The van der Waals surface area contributed by atoms with Crippen LogP contribution in [0.5, 0.6) is 0 Å². The van der Waals surface area contributed by atoms with E-state index < -0.39 is 5.97 Å². The Kier molecular flexibility index (Phi) is 4.07. The lowest BCUT2D eigenvalue weighted by atomic mass is 9.87. The Morgan fingerprint density at radius 3 is 3.00 bits per heavy atom. The molecule has 2 unspecified atom stereocenters. The van der Waals surface area contributed by atoms with E-state index in [1.807, 2.05) is 0 Å². The monoisotopic (exact) mass is 268 g/mol. The summed E-state index contributed by atoms with van der Waals surface area (Å²) < 4.78 is 0. The van der Waals surface area contributed by atoms with Crippen molar-refractivity contribution in [3.63, 3.8) is 0 Å². The lowest BCUT2D eigenvalue weighted by Crippen LogP contribution is -2.26. The van der Waals surface area contributed by atoms with Gasteiger partial charge in [0.1, 0.15) is 5.82 Å². The molecule has 0 radical (unpaired) electrons. The molecular formula is C13H17ClN2O2. The third kappa shape index (κ3) is 3.13. The smallest absolute Gasteiger partial charge is 0.337 e. The molecule has 1 heterocycles. The third-order valence-corrected chi connectivity index (χ3v) is 3.68. The number of hydrogen-bond donors (Lipinski definition) is 2. The van der Waals surface area contributed by atoms with Gasteiger partial charge < -0.3 is 10.4 Å². The Morgan fingerprint density at radius 2 is 2.33 bits per heavy atom. The molecule has 0 aromatic carbocycles. The highest BCUT2D eigenvalue weighted by Crippen LogP contribution is 2.26. The van der Waals surface area contributed by atoms with Crippen LogP contribution in [0.25, 0.3) is 0 Å². The highest BCUT2D eigenvalue weighted by Gasteiger charge is 2.19. The zero-order chi connectivity index (χ0) is 13.1. The largest absolute Gasteiger partial charge is 0.478 e. The summed E-state index contributed by atoms with van der Waals surface area (Å²) in [5.41, 5.74) is 0.0954. The molecular weight excluding hydrogens is 252 g/mol. The SMILES string of the molecule is CC1CCCC(Nc2cc(C(=O)O)c(Cl)cn2)C1. The van der Waals surface area contributed by atoms with E-state index in [1.54, 1.807) is 0 Å². The number of hydrogen-bond acceptors (Lipinski definition) is 3. The first kappa shape index (κ1) is 13.1. The second-order valence-corrected chi connectivity index (χ2v) is 5.37. The van der Waals surface area contributed by atoms with Crippen molar-refractivity contribution in [1.29, 1.82) is 0 Å². The Morgan fingerprint density at radius 1 is 1.56 bits per heavy atom. The van der Waals surface area contributed by atoms with Crippen molar-refractivity contribution in [2.24, 2.45) is 5.92 Å². The van der Waals surface area contributed by atoms with E-state index in [-0.39, 0.29) is 10.6 Å². The summed E-state index contributed by atoms with van der Waals surface area (Å²) in [7, 11) is 0. The van der Waals surface area contributed by atoms with E-state index in [0.29, 0.717) is 17.8 Å². The first-order valence-electron chi connectivity index (χ1n) is 6.21. The minimum absolute atomic E-state index is 0.0954. The van der Waals surface area contributed by atoms with E-state index in [9.17, 15) is 4.79 Å². The molecule has 0 saturated heterocycles. The van der Waals surface area contributed by atoms with Gasteiger partial charge in [-0.2, -0.15) is 0 Å². The van der Waals surface area contributed by atoms with E-state index in [1.165, 1.54) is 25.1 Å². The van der Waals surface area contributed by atoms with Crippen LogP contribution in [-0.2, 0) is 0 Å². The maximum atomic E-state index is 11.0. The second-order valence-electron chi connectivity index (χ2n) is 4.97. The highest BCUT2D eigenvalue weighted by atomic mass is 35.5. The first-order valence-corrected chi connectivity index (χ1v) is 6.59. The Labute approximate surface area is 111 Å². The van der Waals surface area contributed by atoms with Crippen LogP contribution in [0.15, 0.2) is 12.3 Å². The molecule has 1 saturated carbocycles. The van der Waals surface area contributed by atoms with Crippen molar-refractivity contribution >= 4 is 23.4 Å². The van der Waals surface area contributed by atoms with Crippen molar-refractivity contribution in [1.82, 2.24) is 4.98 Å². The van der Waals surface area contributed by atoms with E-state index in [0.717, 1.165) is 12.8 Å². The molecule has 0 amide bonds. The van der Waals surface area contributed by atoms with Crippen LogP contribution in [0.4, 0.5) is 5.82 Å². The average molecular weight is 269 g/mol. The summed E-state index contributed by atoms with van der Waals surface area (Å²) >= 11 is 5.79. The van der Waals surface area contributed by atoms with Crippen LogP contribution in [0.3, 0.4) is 0 Å². The molecule has 5 heteroatoms. The van der Waals surface area contributed by atoms with Crippen molar-refractivity contribution < 1.29 is 9.90 Å². The number of nitrogens with one attached hydrogen (secondary N) is 1. The fourth-order valence-electron chi connectivity index (χ4n) is 2.46. The minimum atomic E-state index is -1.03. The number of halogens is 1. The minimum Gasteiger partial charge on any atom is -0.478 e. The number of nitrogens with zero attached hydrogens (tertiary/aromatic N) is 1. The highest BCUT2D eigenvalue weighted by molar-refractivity contribution is 6.33. The van der Waals surface area contributed by atoms with Gasteiger partial charge in [-0.3, -0.25) is 0 Å². The van der Waals surface area contributed by atoms with Crippen LogP contribution >= 0.6 is 11.6 Å². The lowest BCUT2D eigenvalue weighted by Gasteiger charge is -2.27. The summed E-state index contributed by atoms with van der Waals surface area (Å²) in [6, 6.07) is 1.88. The summed E-state index contributed by atoms with van der Waals surface area (Å²) in [6.07, 6.45) is 6.08. The summed E-state index contributed by atoms with van der Waals surface area (Å²) in [5.74, 6) is 0.279. The molecule has 2 rings (SSSR count). The van der Waals surface area contributed by atoms with Crippen LogP contribution in [0.2, 0.25) is 5.02 Å². The predicted molar refractivity (Wildman–Crippen MR) is 71.2 cm³/mol. The lowest BCUT2D eigenvalue weighted by molar-refractivity contribution is 0.0697. The van der Waals surface area contributed by atoms with Crippen molar-refractivity contribution in [3.8, 4) is 0 Å². The third-order valence-electron chi connectivity index (χ3n) is 3.37. The molecule has 1 aromatic rings. The van der Waals surface area contributed by atoms with Crippen LogP contribution in [-0.4, -0.2) is 22.1 Å². The van der Waals surface area contributed by atoms with Crippen molar-refractivity contribution in [2.75, 3.05) is 5.32 Å². The molecule has 18 heavy (non-hydrogen) atoms. The van der Waals surface area contributed by atoms with Gasteiger partial charge in [-0.05, 0) is 24.8 Å². The first-order chi connectivity index (χ1) is 8.56. The van der Waals surface area contributed by atoms with Gasteiger partial charge in [0.05, 0.1) is 10.6 Å². The molecule has 4 nitrogen and oxygen atoms in total.